The molecule has 1 aliphatic rings. The lowest BCUT2D eigenvalue weighted by molar-refractivity contribution is 0.422. The minimum Gasteiger partial charge on any atom is -0.348 e. The maximum atomic E-state index is 13.2. The van der Waals surface area contributed by atoms with Crippen molar-refractivity contribution in [1.29, 1.82) is 10.7 Å². The molecular weight excluding hydrogens is 253 g/mol. The molecule has 2 aromatic rings. The van der Waals surface area contributed by atoms with Gasteiger partial charge in [-0.25, -0.2) is 4.39 Å². The molecule has 3 nitrogen and oxygen atoms in total. The number of benzene rings is 2. The summed E-state index contributed by atoms with van der Waals surface area (Å²) in [4.78, 5) is 1.88. The van der Waals surface area contributed by atoms with Crippen molar-refractivity contribution in [3.63, 3.8) is 0 Å². The number of hydrogen-bond acceptors (Lipinski definition) is 2. The fourth-order valence-electron chi connectivity index (χ4n) is 2.46. The van der Waals surface area contributed by atoms with Crippen LogP contribution in [-0.2, 0) is 13.1 Å². The summed E-state index contributed by atoms with van der Waals surface area (Å²) in [6.07, 6.45) is 0. The highest BCUT2D eigenvalue weighted by Gasteiger charge is 2.24. The SMILES string of the molecule is N#Cc1cccc(CN2Cc3ccc(F)cc3C2=N)c1. The summed E-state index contributed by atoms with van der Waals surface area (Å²) in [6, 6.07) is 14.0. The lowest BCUT2D eigenvalue weighted by Crippen LogP contribution is -2.23. The fourth-order valence-corrected chi connectivity index (χ4v) is 2.46. The van der Waals surface area contributed by atoms with Crippen molar-refractivity contribution in [1.82, 2.24) is 4.90 Å². The Morgan fingerprint density at radius 2 is 2.10 bits per heavy atom. The molecule has 0 amide bonds. The lowest BCUT2D eigenvalue weighted by atomic mass is 10.1. The lowest BCUT2D eigenvalue weighted by Gasteiger charge is -2.17. The average molecular weight is 265 g/mol. The van der Waals surface area contributed by atoms with Crippen LogP contribution in [0.1, 0.15) is 22.3 Å². The Balaban J connectivity index is 1.84. The van der Waals surface area contributed by atoms with E-state index in [2.05, 4.69) is 6.07 Å². The number of amidine groups is 1. The summed E-state index contributed by atoms with van der Waals surface area (Å²) in [5, 5.41) is 17.0. The van der Waals surface area contributed by atoms with Crippen LogP contribution >= 0.6 is 0 Å². The van der Waals surface area contributed by atoms with Gasteiger partial charge in [-0.2, -0.15) is 5.26 Å². The molecule has 3 rings (SSSR count). The molecule has 98 valence electrons. The molecule has 0 fully saturated rings. The van der Waals surface area contributed by atoms with Gasteiger partial charge in [0.2, 0.25) is 0 Å². The fraction of sp³-hybridized carbons (Fsp3) is 0.125. The highest BCUT2D eigenvalue weighted by molar-refractivity contribution is 6.00. The highest BCUT2D eigenvalue weighted by atomic mass is 19.1. The van der Waals surface area contributed by atoms with Crippen LogP contribution < -0.4 is 0 Å². The molecule has 1 heterocycles. The maximum Gasteiger partial charge on any atom is 0.129 e. The van der Waals surface area contributed by atoms with Gasteiger partial charge in [0.1, 0.15) is 11.7 Å². The second-order valence-electron chi connectivity index (χ2n) is 4.82. The van der Waals surface area contributed by atoms with Crippen molar-refractivity contribution in [2.75, 3.05) is 0 Å². The van der Waals surface area contributed by atoms with Crippen molar-refractivity contribution < 1.29 is 4.39 Å². The predicted molar refractivity (Wildman–Crippen MR) is 73.6 cm³/mol. The quantitative estimate of drug-likeness (QED) is 0.907. The van der Waals surface area contributed by atoms with E-state index in [1.54, 1.807) is 12.1 Å². The molecule has 4 heteroatoms. The van der Waals surface area contributed by atoms with Gasteiger partial charge in [0.25, 0.3) is 0 Å². The first-order chi connectivity index (χ1) is 9.67. The van der Waals surface area contributed by atoms with Crippen molar-refractivity contribution >= 4 is 5.84 Å². The van der Waals surface area contributed by atoms with E-state index in [1.807, 2.05) is 23.1 Å². The molecule has 0 saturated carbocycles. The third-order valence-corrected chi connectivity index (χ3v) is 3.43. The van der Waals surface area contributed by atoms with E-state index in [9.17, 15) is 4.39 Å². The maximum absolute atomic E-state index is 13.2. The minimum atomic E-state index is -0.318. The van der Waals surface area contributed by atoms with Crippen LogP contribution in [0.5, 0.6) is 0 Å². The Hall–Kier alpha value is -2.67. The Morgan fingerprint density at radius 3 is 2.90 bits per heavy atom. The van der Waals surface area contributed by atoms with E-state index in [-0.39, 0.29) is 5.82 Å². The van der Waals surface area contributed by atoms with Gasteiger partial charge in [-0.15, -0.1) is 0 Å². The monoisotopic (exact) mass is 265 g/mol. The molecule has 0 bridgehead atoms. The van der Waals surface area contributed by atoms with E-state index in [0.717, 1.165) is 11.1 Å². The third kappa shape index (κ3) is 2.14. The Morgan fingerprint density at radius 1 is 1.25 bits per heavy atom. The van der Waals surface area contributed by atoms with Gasteiger partial charge in [-0.05, 0) is 35.4 Å². The number of fused-ring (bicyclic) bond motifs is 1. The summed E-state index contributed by atoms with van der Waals surface area (Å²) in [6.45, 7) is 1.15. The topological polar surface area (TPSA) is 50.9 Å². The molecule has 1 N–H and O–H groups in total. The van der Waals surface area contributed by atoms with E-state index in [1.165, 1.54) is 12.1 Å². The molecule has 0 saturated heterocycles. The molecule has 0 aliphatic carbocycles. The summed E-state index contributed by atoms with van der Waals surface area (Å²) < 4.78 is 13.2. The van der Waals surface area contributed by atoms with Crippen molar-refractivity contribution in [2.45, 2.75) is 13.1 Å². The van der Waals surface area contributed by atoms with E-state index in [0.29, 0.717) is 30.1 Å². The van der Waals surface area contributed by atoms with Crippen molar-refractivity contribution in [3.05, 3.63) is 70.5 Å². The van der Waals surface area contributed by atoms with Crippen LogP contribution in [0.25, 0.3) is 0 Å². The number of nitrogens with one attached hydrogen (secondary N) is 1. The van der Waals surface area contributed by atoms with Gasteiger partial charge in [-0.3, -0.25) is 5.41 Å². The number of rotatable bonds is 2. The van der Waals surface area contributed by atoms with Crippen molar-refractivity contribution in [2.24, 2.45) is 0 Å². The molecule has 0 aromatic heterocycles. The normalized spacial score (nSPS) is 13.2. The second kappa shape index (κ2) is 4.78. The first kappa shape index (κ1) is 12.4. The largest absolute Gasteiger partial charge is 0.348 e. The van der Waals surface area contributed by atoms with Crippen LogP contribution in [0, 0.1) is 22.6 Å². The molecule has 20 heavy (non-hydrogen) atoms. The second-order valence-corrected chi connectivity index (χ2v) is 4.82. The molecule has 0 atom stereocenters. The Kier molecular flexibility index (Phi) is 2.96. The van der Waals surface area contributed by atoms with E-state index >= 15 is 0 Å². The van der Waals surface area contributed by atoms with Crippen LogP contribution in [0.4, 0.5) is 4.39 Å². The number of hydrogen-bond donors (Lipinski definition) is 1. The summed E-state index contributed by atoms with van der Waals surface area (Å²) in [5.74, 6) is 0.0173. The molecular formula is C16H12FN3. The first-order valence-electron chi connectivity index (χ1n) is 6.29. The molecule has 1 aliphatic heterocycles. The number of halogens is 1. The van der Waals surface area contributed by atoms with E-state index in [4.69, 9.17) is 10.7 Å². The highest BCUT2D eigenvalue weighted by Crippen LogP contribution is 2.25. The zero-order chi connectivity index (χ0) is 14.1. The first-order valence-corrected chi connectivity index (χ1v) is 6.29. The number of nitriles is 1. The Bertz CT molecular complexity index is 731. The van der Waals surface area contributed by atoms with Crippen LogP contribution in [0.2, 0.25) is 0 Å². The standard InChI is InChI=1S/C16H12FN3/c17-14-5-4-13-10-20(16(19)15(13)7-14)9-12-3-1-2-11(6-12)8-18/h1-7,19H,9-10H2. The molecule has 0 spiro atoms. The molecule has 0 unspecified atom stereocenters. The van der Waals surface area contributed by atoms with Gasteiger partial charge in [0.05, 0.1) is 11.6 Å². The molecule has 0 radical (unpaired) electrons. The smallest absolute Gasteiger partial charge is 0.129 e. The predicted octanol–water partition coefficient (Wildman–Crippen LogP) is 3.04. The van der Waals surface area contributed by atoms with E-state index < -0.39 is 0 Å². The van der Waals surface area contributed by atoms with Gasteiger partial charge in [0.15, 0.2) is 0 Å². The van der Waals surface area contributed by atoms with Crippen LogP contribution in [0.15, 0.2) is 42.5 Å². The van der Waals surface area contributed by atoms with Crippen LogP contribution in [0.3, 0.4) is 0 Å². The Labute approximate surface area is 116 Å². The zero-order valence-corrected chi connectivity index (χ0v) is 10.7. The third-order valence-electron chi connectivity index (χ3n) is 3.43. The van der Waals surface area contributed by atoms with Gasteiger partial charge < -0.3 is 4.90 Å². The zero-order valence-electron chi connectivity index (χ0n) is 10.7. The summed E-state index contributed by atoms with van der Waals surface area (Å²) in [7, 11) is 0. The average Bonchev–Trinajstić information content (AvgIpc) is 2.76. The van der Waals surface area contributed by atoms with Gasteiger partial charge >= 0.3 is 0 Å². The molecule has 2 aromatic carbocycles. The number of nitrogens with zero attached hydrogens (tertiary/aromatic N) is 2. The van der Waals surface area contributed by atoms with Gasteiger partial charge in [-0.1, -0.05) is 18.2 Å². The van der Waals surface area contributed by atoms with Crippen molar-refractivity contribution in [3.8, 4) is 6.07 Å². The minimum absolute atomic E-state index is 0.318. The van der Waals surface area contributed by atoms with Gasteiger partial charge in [0, 0.05) is 18.7 Å². The van der Waals surface area contributed by atoms with Crippen LogP contribution in [-0.4, -0.2) is 10.7 Å². The summed E-state index contributed by atoms with van der Waals surface area (Å²) in [5.41, 5.74) is 3.20. The summed E-state index contributed by atoms with van der Waals surface area (Å²) >= 11 is 0.